The van der Waals surface area contributed by atoms with Crippen LogP contribution in [0.3, 0.4) is 0 Å². The summed E-state index contributed by atoms with van der Waals surface area (Å²) in [5.74, 6) is -13.2. The van der Waals surface area contributed by atoms with Crippen molar-refractivity contribution in [3.05, 3.63) is 11.6 Å². The summed E-state index contributed by atoms with van der Waals surface area (Å²) in [6, 6.07) is 0. The smallest absolute Gasteiger partial charge is 0.460 e. The minimum absolute atomic E-state index is 0.631. The van der Waals surface area contributed by atoms with Gasteiger partial charge in [0.25, 0.3) is 0 Å². The molecule has 0 aromatic carbocycles. The molecule has 0 heterocycles. The molecule has 0 aliphatic carbocycles. The first-order valence-corrected chi connectivity index (χ1v) is 3.97. The summed E-state index contributed by atoms with van der Waals surface area (Å²) in [6.45, 7) is 0.631. The Morgan fingerprint density at radius 2 is 1.47 bits per heavy atom. The molecule has 100 valence electrons. The van der Waals surface area contributed by atoms with Gasteiger partial charge in [-0.25, -0.2) is 4.79 Å². The van der Waals surface area contributed by atoms with Crippen LogP contribution in [0.2, 0.25) is 0 Å². The van der Waals surface area contributed by atoms with E-state index in [2.05, 4.69) is 4.74 Å². The Kier molecular flexibility index (Phi) is 4.19. The van der Waals surface area contributed by atoms with Crippen molar-refractivity contribution in [2.75, 3.05) is 7.11 Å². The fourth-order valence-corrected chi connectivity index (χ4v) is 0.771. The van der Waals surface area contributed by atoms with Crippen molar-refractivity contribution in [3.63, 3.8) is 0 Å². The lowest BCUT2D eigenvalue weighted by Gasteiger charge is -2.26. The second-order valence-corrected chi connectivity index (χ2v) is 3.01. The summed E-state index contributed by atoms with van der Waals surface area (Å²) in [4.78, 5) is 10.6. The fourth-order valence-electron chi connectivity index (χ4n) is 0.771. The van der Waals surface area contributed by atoms with Crippen molar-refractivity contribution in [2.45, 2.75) is 24.9 Å². The number of ether oxygens (including phenoxy) is 1. The van der Waals surface area contributed by atoms with E-state index in [-0.39, 0.29) is 0 Å². The minimum Gasteiger partial charge on any atom is -0.466 e. The van der Waals surface area contributed by atoms with E-state index in [0.29, 0.717) is 6.92 Å². The zero-order valence-electron chi connectivity index (χ0n) is 8.54. The summed E-state index contributed by atoms with van der Waals surface area (Å²) in [7, 11) is 0.764. The lowest BCUT2D eigenvalue weighted by molar-refractivity contribution is -0.341. The molecular formula is C8H7F7O2. The van der Waals surface area contributed by atoms with Gasteiger partial charge >= 0.3 is 24.0 Å². The van der Waals surface area contributed by atoms with Gasteiger partial charge in [0.1, 0.15) is 0 Å². The number of esters is 1. The average Bonchev–Trinajstić information content (AvgIpc) is 2.13. The number of halogens is 7. The molecule has 0 atom stereocenters. The third kappa shape index (κ3) is 3.10. The van der Waals surface area contributed by atoms with Gasteiger partial charge in [-0.2, -0.15) is 30.7 Å². The van der Waals surface area contributed by atoms with Crippen LogP contribution in [0, 0.1) is 0 Å². The maximum atomic E-state index is 12.7. The first-order valence-electron chi connectivity index (χ1n) is 3.97. The molecule has 9 heteroatoms. The zero-order valence-corrected chi connectivity index (χ0v) is 8.54. The largest absolute Gasteiger partial charge is 0.466 e. The molecule has 0 N–H and O–H groups in total. The van der Waals surface area contributed by atoms with Gasteiger partial charge in [-0.05, 0) is 6.92 Å². The molecule has 0 aliphatic rings. The van der Waals surface area contributed by atoms with E-state index in [1.165, 1.54) is 0 Å². The average molecular weight is 268 g/mol. The molecular weight excluding hydrogens is 261 g/mol. The van der Waals surface area contributed by atoms with Crippen LogP contribution >= 0.6 is 0 Å². The summed E-state index contributed by atoms with van der Waals surface area (Å²) in [5.41, 5.74) is -1.05. The van der Waals surface area contributed by atoms with E-state index in [1.54, 1.807) is 0 Å². The molecule has 0 radical (unpaired) electrons. The highest BCUT2D eigenvalue weighted by atomic mass is 19.4. The SMILES string of the molecule is COC(=O)C(C)=CC(F)(F)C(F)(F)C(F)(F)F. The van der Waals surface area contributed by atoms with Gasteiger partial charge in [-0.15, -0.1) is 0 Å². The van der Waals surface area contributed by atoms with Crippen LogP contribution in [0.25, 0.3) is 0 Å². The monoisotopic (exact) mass is 268 g/mol. The standard InChI is InChI=1S/C8H7F7O2/c1-4(5(16)17-2)3-6(9,10)7(11,12)8(13,14)15/h3H,1-2H3. The third-order valence-electron chi connectivity index (χ3n) is 1.68. The second kappa shape index (κ2) is 4.53. The molecule has 0 fully saturated rings. The lowest BCUT2D eigenvalue weighted by Crippen LogP contribution is -2.51. The van der Waals surface area contributed by atoms with Crippen LogP contribution in [-0.2, 0) is 9.53 Å². The number of carbonyl (C=O) groups is 1. The molecule has 0 aromatic heterocycles. The first kappa shape index (κ1) is 15.7. The van der Waals surface area contributed by atoms with Gasteiger partial charge in [0.15, 0.2) is 0 Å². The number of carbonyl (C=O) groups excluding carboxylic acids is 1. The zero-order chi connectivity index (χ0) is 14.1. The van der Waals surface area contributed by atoms with Gasteiger partial charge in [0, 0.05) is 11.6 Å². The molecule has 0 aliphatic heterocycles. The molecule has 0 spiro atoms. The van der Waals surface area contributed by atoms with Crippen molar-refractivity contribution in [1.29, 1.82) is 0 Å². The van der Waals surface area contributed by atoms with Crippen molar-refractivity contribution < 1.29 is 40.3 Å². The van der Waals surface area contributed by atoms with Crippen molar-refractivity contribution in [2.24, 2.45) is 0 Å². The Labute approximate surface area is 91.0 Å². The molecule has 0 saturated carbocycles. The molecule has 0 aromatic rings. The summed E-state index contributed by atoms with van der Waals surface area (Å²) >= 11 is 0. The maximum absolute atomic E-state index is 12.7. The molecule has 17 heavy (non-hydrogen) atoms. The van der Waals surface area contributed by atoms with E-state index in [1.807, 2.05) is 0 Å². The number of allylic oxidation sites excluding steroid dienone is 1. The topological polar surface area (TPSA) is 26.3 Å². The van der Waals surface area contributed by atoms with E-state index in [9.17, 15) is 35.5 Å². The Hall–Kier alpha value is -1.28. The Bertz CT molecular complexity index is 329. The van der Waals surface area contributed by atoms with Crippen LogP contribution in [0.5, 0.6) is 0 Å². The predicted octanol–water partition coefficient (Wildman–Crippen LogP) is 2.94. The highest BCUT2D eigenvalue weighted by Gasteiger charge is 2.72. The number of rotatable bonds is 3. The summed E-state index contributed by atoms with van der Waals surface area (Å²) in [6.07, 6.45) is -7.20. The van der Waals surface area contributed by atoms with Crippen molar-refractivity contribution >= 4 is 5.97 Å². The highest BCUT2D eigenvalue weighted by molar-refractivity contribution is 5.87. The van der Waals surface area contributed by atoms with Gasteiger partial charge < -0.3 is 4.74 Å². The Morgan fingerprint density at radius 1 is 1.06 bits per heavy atom. The van der Waals surface area contributed by atoms with Crippen LogP contribution in [0.15, 0.2) is 11.6 Å². The van der Waals surface area contributed by atoms with Gasteiger partial charge in [0.05, 0.1) is 7.11 Å². The van der Waals surface area contributed by atoms with E-state index in [0.717, 1.165) is 7.11 Å². The van der Waals surface area contributed by atoms with Crippen molar-refractivity contribution in [3.8, 4) is 0 Å². The van der Waals surface area contributed by atoms with Gasteiger partial charge in [-0.3, -0.25) is 0 Å². The summed E-state index contributed by atoms with van der Waals surface area (Å²) < 4.78 is 89.1. The number of hydrogen-bond donors (Lipinski definition) is 0. The van der Waals surface area contributed by atoms with Crippen molar-refractivity contribution in [1.82, 2.24) is 0 Å². The van der Waals surface area contributed by atoms with Gasteiger partial charge in [-0.1, -0.05) is 0 Å². The molecule has 0 saturated heterocycles. The second-order valence-electron chi connectivity index (χ2n) is 3.01. The third-order valence-corrected chi connectivity index (χ3v) is 1.68. The molecule has 0 bridgehead atoms. The quantitative estimate of drug-likeness (QED) is 0.447. The fraction of sp³-hybridized carbons (Fsp3) is 0.625. The highest BCUT2D eigenvalue weighted by Crippen LogP contribution is 2.47. The van der Waals surface area contributed by atoms with Crippen LogP contribution in [-0.4, -0.2) is 31.1 Å². The molecule has 0 amide bonds. The molecule has 0 unspecified atom stereocenters. The van der Waals surface area contributed by atoms with Crippen LogP contribution in [0.1, 0.15) is 6.92 Å². The number of alkyl halides is 7. The Morgan fingerprint density at radius 3 is 1.76 bits per heavy atom. The first-order chi connectivity index (χ1) is 7.37. The Balaban J connectivity index is 5.36. The van der Waals surface area contributed by atoms with E-state index < -0.39 is 35.6 Å². The van der Waals surface area contributed by atoms with E-state index in [4.69, 9.17) is 0 Å². The predicted molar refractivity (Wildman–Crippen MR) is 41.7 cm³/mol. The lowest BCUT2D eigenvalue weighted by atomic mass is 10.1. The minimum atomic E-state index is -6.43. The molecule has 0 rings (SSSR count). The summed E-state index contributed by atoms with van der Waals surface area (Å²) in [5, 5.41) is 0. The van der Waals surface area contributed by atoms with Crippen LogP contribution < -0.4 is 0 Å². The number of hydrogen-bond acceptors (Lipinski definition) is 2. The normalized spacial score (nSPS) is 14.8. The van der Waals surface area contributed by atoms with Gasteiger partial charge in [0.2, 0.25) is 0 Å². The molecule has 2 nitrogen and oxygen atoms in total. The van der Waals surface area contributed by atoms with Crippen LogP contribution in [0.4, 0.5) is 30.7 Å². The maximum Gasteiger partial charge on any atom is 0.460 e. The van der Waals surface area contributed by atoms with E-state index >= 15 is 0 Å². The number of methoxy groups -OCH3 is 1.